The number of rotatable bonds is 9. The summed E-state index contributed by atoms with van der Waals surface area (Å²) >= 11 is 0. The third-order valence-corrected chi connectivity index (χ3v) is 5.18. The standard InChI is InChI=1S/C24H32N4O2/c1-20(22-10-4-2-5-11-22)27-24(29)26-13-6-9-17-30-23-18-21(12-14-25-23)19-28-15-7-3-8-16-28/h2,4-6,9-12,14,18,20H,3,7-8,13,15-17,19H2,1H3,(H2,26,27,29)/b9-6-. The third-order valence-electron chi connectivity index (χ3n) is 5.18. The predicted molar refractivity (Wildman–Crippen MR) is 119 cm³/mol. The van der Waals surface area contributed by atoms with Crippen LogP contribution < -0.4 is 15.4 Å². The number of hydrogen-bond acceptors (Lipinski definition) is 4. The van der Waals surface area contributed by atoms with Gasteiger partial charge in [-0.15, -0.1) is 0 Å². The van der Waals surface area contributed by atoms with E-state index in [1.54, 1.807) is 6.20 Å². The highest BCUT2D eigenvalue weighted by Gasteiger charge is 2.11. The van der Waals surface area contributed by atoms with E-state index in [1.165, 1.54) is 37.9 Å². The summed E-state index contributed by atoms with van der Waals surface area (Å²) in [5.41, 5.74) is 2.31. The summed E-state index contributed by atoms with van der Waals surface area (Å²) in [6.07, 6.45) is 9.49. The van der Waals surface area contributed by atoms with Crippen LogP contribution in [0, 0.1) is 0 Å². The third kappa shape index (κ3) is 7.52. The molecule has 1 atom stereocenters. The number of pyridine rings is 1. The molecular weight excluding hydrogens is 376 g/mol. The summed E-state index contributed by atoms with van der Waals surface area (Å²) in [5.74, 6) is 0.636. The molecule has 0 saturated carbocycles. The Bertz CT molecular complexity index is 804. The van der Waals surface area contributed by atoms with E-state index in [4.69, 9.17) is 4.74 Å². The molecule has 0 bridgehead atoms. The highest BCUT2D eigenvalue weighted by atomic mass is 16.5. The highest BCUT2D eigenvalue weighted by Crippen LogP contribution is 2.15. The number of ether oxygens (including phenoxy) is 1. The number of benzene rings is 1. The summed E-state index contributed by atoms with van der Waals surface area (Å²) < 4.78 is 5.72. The first-order chi connectivity index (χ1) is 14.7. The number of nitrogens with one attached hydrogen (secondary N) is 2. The quantitative estimate of drug-likeness (QED) is 0.614. The number of amides is 2. The largest absolute Gasteiger partial charge is 0.473 e. The molecule has 0 aliphatic carbocycles. The van der Waals surface area contributed by atoms with E-state index >= 15 is 0 Å². The summed E-state index contributed by atoms with van der Waals surface area (Å²) in [7, 11) is 0. The van der Waals surface area contributed by atoms with Crippen LogP contribution in [0.5, 0.6) is 5.88 Å². The molecule has 3 rings (SSSR count). The zero-order chi connectivity index (χ0) is 21.0. The zero-order valence-corrected chi connectivity index (χ0v) is 17.7. The first-order valence-corrected chi connectivity index (χ1v) is 10.7. The van der Waals surface area contributed by atoms with Crippen LogP contribution in [-0.2, 0) is 6.54 Å². The average Bonchev–Trinajstić information content (AvgIpc) is 2.78. The fourth-order valence-corrected chi connectivity index (χ4v) is 3.51. The molecule has 1 aliphatic rings. The van der Waals surface area contributed by atoms with Crippen LogP contribution in [0.2, 0.25) is 0 Å². The Kier molecular flexibility index (Phi) is 8.72. The van der Waals surface area contributed by atoms with Gasteiger partial charge >= 0.3 is 6.03 Å². The summed E-state index contributed by atoms with van der Waals surface area (Å²) in [5, 5.41) is 5.75. The van der Waals surface area contributed by atoms with Gasteiger partial charge in [0.2, 0.25) is 5.88 Å². The van der Waals surface area contributed by atoms with E-state index < -0.39 is 0 Å². The van der Waals surface area contributed by atoms with Crippen molar-refractivity contribution in [1.82, 2.24) is 20.5 Å². The van der Waals surface area contributed by atoms with E-state index in [1.807, 2.05) is 55.5 Å². The number of carbonyl (C=O) groups excluding carboxylic acids is 1. The number of hydrogen-bond donors (Lipinski definition) is 2. The molecule has 1 saturated heterocycles. The van der Waals surface area contributed by atoms with Gasteiger partial charge in [0.25, 0.3) is 0 Å². The van der Waals surface area contributed by atoms with E-state index in [2.05, 4.69) is 26.6 Å². The van der Waals surface area contributed by atoms with E-state index in [-0.39, 0.29) is 12.1 Å². The van der Waals surface area contributed by atoms with Crippen LogP contribution in [-0.4, -0.2) is 42.2 Å². The van der Waals surface area contributed by atoms with Crippen LogP contribution in [0.15, 0.2) is 60.8 Å². The number of urea groups is 1. The van der Waals surface area contributed by atoms with Crippen LogP contribution >= 0.6 is 0 Å². The van der Waals surface area contributed by atoms with Crippen molar-refractivity contribution in [2.24, 2.45) is 0 Å². The second-order valence-corrected chi connectivity index (χ2v) is 7.61. The minimum Gasteiger partial charge on any atom is -0.473 e. The molecule has 1 fully saturated rings. The molecule has 30 heavy (non-hydrogen) atoms. The van der Waals surface area contributed by atoms with Crippen LogP contribution in [0.3, 0.4) is 0 Å². The van der Waals surface area contributed by atoms with Gasteiger partial charge in [-0.3, -0.25) is 4.90 Å². The molecule has 160 valence electrons. The minimum atomic E-state index is -0.191. The first kappa shape index (κ1) is 21.8. The van der Waals surface area contributed by atoms with Crippen molar-refractivity contribution >= 4 is 6.03 Å². The average molecular weight is 409 g/mol. The van der Waals surface area contributed by atoms with Crippen LogP contribution in [0.1, 0.15) is 43.4 Å². The van der Waals surface area contributed by atoms with Gasteiger partial charge in [0.05, 0.1) is 6.04 Å². The fourth-order valence-electron chi connectivity index (χ4n) is 3.51. The lowest BCUT2D eigenvalue weighted by Gasteiger charge is -2.26. The number of carbonyl (C=O) groups is 1. The molecular formula is C24H32N4O2. The second kappa shape index (κ2) is 12.0. The number of piperidine rings is 1. The molecule has 1 aromatic heterocycles. The fraction of sp³-hybridized carbons (Fsp3) is 0.417. The maximum Gasteiger partial charge on any atom is 0.315 e. The molecule has 2 aromatic rings. The SMILES string of the molecule is CC(NC(=O)NC/C=C\COc1cc(CN2CCCCC2)ccn1)c1ccccc1. The number of aromatic nitrogens is 1. The van der Waals surface area contributed by atoms with Crippen molar-refractivity contribution in [2.45, 2.75) is 38.8 Å². The lowest BCUT2D eigenvalue weighted by molar-refractivity contribution is 0.220. The van der Waals surface area contributed by atoms with Crippen molar-refractivity contribution in [1.29, 1.82) is 0 Å². The lowest BCUT2D eigenvalue weighted by Crippen LogP contribution is -2.37. The van der Waals surface area contributed by atoms with Crippen molar-refractivity contribution in [3.63, 3.8) is 0 Å². The van der Waals surface area contributed by atoms with E-state index in [9.17, 15) is 4.79 Å². The molecule has 1 aliphatic heterocycles. The molecule has 0 spiro atoms. The van der Waals surface area contributed by atoms with Gasteiger partial charge in [-0.25, -0.2) is 9.78 Å². The normalized spacial score (nSPS) is 15.6. The van der Waals surface area contributed by atoms with E-state index in [0.29, 0.717) is 19.0 Å². The van der Waals surface area contributed by atoms with Gasteiger partial charge in [-0.1, -0.05) is 42.8 Å². The number of likely N-dealkylation sites (tertiary alicyclic amines) is 1. The molecule has 2 N–H and O–H groups in total. The molecule has 2 heterocycles. The van der Waals surface area contributed by atoms with Crippen molar-refractivity contribution in [2.75, 3.05) is 26.2 Å². The Morgan fingerprint density at radius 3 is 2.77 bits per heavy atom. The minimum absolute atomic E-state index is 0.0400. The smallest absolute Gasteiger partial charge is 0.315 e. The molecule has 6 nitrogen and oxygen atoms in total. The first-order valence-electron chi connectivity index (χ1n) is 10.7. The maximum atomic E-state index is 12.0. The van der Waals surface area contributed by atoms with Gasteiger partial charge in [0.1, 0.15) is 6.61 Å². The van der Waals surface area contributed by atoms with Gasteiger partial charge in [-0.05, 0) is 56.1 Å². The Morgan fingerprint density at radius 2 is 1.97 bits per heavy atom. The van der Waals surface area contributed by atoms with Crippen molar-refractivity contribution in [3.05, 3.63) is 71.9 Å². The second-order valence-electron chi connectivity index (χ2n) is 7.61. The van der Waals surface area contributed by atoms with Crippen LogP contribution in [0.25, 0.3) is 0 Å². The Morgan fingerprint density at radius 1 is 1.17 bits per heavy atom. The van der Waals surface area contributed by atoms with E-state index in [0.717, 1.165) is 12.1 Å². The van der Waals surface area contributed by atoms with Gasteiger partial charge in [0.15, 0.2) is 0 Å². The summed E-state index contributed by atoms with van der Waals surface area (Å²) in [6.45, 7) is 6.13. The zero-order valence-electron chi connectivity index (χ0n) is 17.7. The molecule has 1 unspecified atom stereocenters. The highest BCUT2D eigenvalue weighted by molar-refractivity contribution is 5.74. The van der Waals surface area contributed by atoms with Gasteiger partial charge in [-0.2, -0.15) is 0 Å². The Labute approximate surface area is 179 Å². The molecule has 2 amide bonds. The van der Waals surface area contributed by atoms with Crippen molar-refractivity contribution < 1.29 is 9.53 Å². The van der Waals surface area contributed by atoms with Gasteiger partial charge in [0, 0.05) is 25.4 Å². The molecule has 6 heteroatoms. The lowest BCUT2D eigenvalue weighted by atomic mass is 10.1. The topological polar surface area (TPSA) is 66.5 Å². The monoisotopic (exact) mass is 408 g/mol. The maximum absolute atomic E-state index is 12.0. The summed E-state index contributed by atoms with van der Waals surface area (Å²) in [4.78, 5) is 18.8. The Balaban J connectivity index is 1.33. The van der Waals surface area contributed by atoms with Gasteiger partial charge < -0.3 is 15.4 Å². The van der Waals surface area contributed by atoms with Crippen LogP contribution in [0.4, 0.5) is 4.79 Å². The Hall–Kier alpha value is -2.86. The predicted octanol–water partition coefficient (Wildman–Crippen LogP) is 4.06. The molecule has 0 radical (unpaired) electrons. The summed E-state index contributed by atoms with van der Waals surface area (Å²) in [6, 6.07) is 13.7. The number of nitrogens with zero attached hydrogens (tertiary/aromatic N) is 2. The molecule has 1 aromatic carbocycles. The van der Waals surface area contributed by atoms with Crippen molar-refractivity contribution in [3.8, 4) is 5.88 Å².